The number of aromatic nitrogens is 3. The first-order valence-corrected chi connectivity index (χ1v) is 11.4. The molecular weight excluding hydrogens is 435 g/mol. The SMILES string of the molecule is CC1CCC(C(=O)Nc2cc(-c3cnc(F)c(NCC4CCOCC4)n3)c(Cl)cn2)CN1. The van der Waals surface area contributed by atoms with Gasteiger partial charge in [-0.15, -0.1) is 0 Å². The minimum Gasteiger partial charge on any atom is -0.381 e. The number of nitrogens with zero attached hydrogens (tertiary/aromatic N) is 3. The summed E-state index contributed by atoms with van der Waals surface area (Å²) in [5, 5.41) is 9.59. The van der Waals surface area contributed by atoms with Crippen molar-refractivity contribution in [1.29, 1.82) is 0 Å². The largest absolute Gasteiger partial charge is 0.381 e. The van der Waals surface area contributed by atoms with Crippen LogP contribution >= 0.6 is 11.6 Å². The highest BCUT2D eigenvalue weighted by molar-refractivity contribution is 6.33. The van der Waals surface area contributed by atoms with Gasteiger partial charge in [0.2, 0.25) is 5.91 Å². The maximum atomic E-state index is 14.3. The van der Waals surface area contributed by atoms with E-state index in [4.69, 9.17) is 16.3 Å². The molecule has 0 spiro atoms. The van der Waals surface area contributed by atoms with Crippen molar-refractivity contribution in [2.24, 2.45) is 11.8 Å². The molecule has 32 heavy (non-hydrogen) atoms. The van der Waals surface area contributed by atoms with Crippen LogP contribution in [0.15, 0.2) is 18.5 Å². The number of nitrogens with one attached hydrogen (secondary N) is 3. The first-order valence-electron chi connectivity index (χ1n) is 11.0. The van der Waals surface area contributed by atoms with Crippen molar-refractivity contribution in [1.82, 2.24) is 20.3 Å². The molecule has 4 rings (SSSR count). The van der Waals surface area contributed by atoms with Crippen LogP contribution in [0.4, 0.5) is 16.0 Å². The van der Waals surface area contributed by atoms with Crippen molar-refractivity contribution in [3.63, 3.8) is 0 Å². The number of hydrogen-bond acceptors (Lipinski definition) is 7. The van der Waals surface area contributed by atoms with Crippen LogP contribution in [0.3, 0.4) is 0 Å². The second-order valence-corrected chi connectivity index (χ2v) is 8.86. The summed E-state index contributed by atoms with van der Waals surface area (Å²) in [7, 11) is 0. The predicted octanol–water partition coefficient (Wildman–Crippen LogP) is 3.50. The normalized spacial score (nSPS) is 21.8. The summed E-state index contributed by atoms with van der Waals surface area (Å²) in [6.07, 6.45) is 6.41. The van der Waals surface area contributed by atoms with Gasteiger partial charge >= 0.3 is 0 Å². The number of hydrogen-bond donors (Lipinski definition) is 3. The summed E-state index contributed by atoms with van der Waals surface area (Å²) in [6.45, 7) is 4.78. The fourth-order valence-electron chi connectivity index (χ4n) is 3.96. The van der Waals surface area contributed by atoms with Crippen LogP contribution < -0.4 is 16.0 Å². The second-order valence-electron chi connectivity index (χ2n) is 8.45. The fraction of sp³-hybridized carbons (Fsp3) is 0.545. The van der Waals surface area contributed by atoms with Gasteiger partial charge in [0.25, 0.3) is 5.95 Å². The third-order valence-electron chi connectivity index (χ3n) is 6.04. The van der Waals surface area contributed by atoms with Gasteiger partial charge in [0.05, 0.1) is 22.8 Å². The summed E-state index contributed by atoms with van der Waals surface area (Å²) in [4.78, 5) is 25.1. The van der Waals surface area contributed by atoms with Gasteiger partial charge in [-0.1, -0.05) is 11.6 Å². The van der Waals surface area contributed by atoms with E-state index in [-0.39, 0.29) is 17.6 Å². The molecule has 2 aromatic heterocycles. The lowest BCUT2D eigenvalue weighted by Gasteiger charge is -2.26. The topological polar surface area (TPSA) is 101 Å². The van der Waals surface area contributed by atoms with E-state index >= 15 is 0 Å². The summed E-state index contributed by atoms with van der Waals surface area (Å²) < 4.78 is 19.6. The van der Waals surface area contributed by atoms with Gasteiger partial charge in [0, 0.05) is 44.1 Å². The number of anilines is 2. The maximum Gasteiger partial charge on any atom is 0.255 e. The Balaban J connectivity index is 1.47. The Morgan fingerprint density at radius 2 is 2.06 bits per heavy atom. The second kappa shape index (κ2) is 10.5. The molecule has 0 bridgehead atoms. The molecule has 2 aromatic rings. The summed E-state index contributed by atoms with van der Waals surface area (Å²) in [5.74, 6) is -0.0191. The lowest BCUT2D eigenvalue weighted by atomic mass is 9.95. The molecule has 2 aliphatic rings. The van der Waals surface area contributed by atoms with E-state index in [0.717, 1.165) is 38.9 Å². The van der Waals surface area contributed by atoms with Crippen molar-refractivity contribution in [2.75, 3.05) is 36.9 Å². The van der Waals surface area contributed by atoms with E-state index in [1.165, 1.54) is 12.4 Å². The number of halogens is 2. The molecule has 0 aliphatic carbocycles. The molecule has 172 valence electrons. The first kappa shape index (κ1) is 22.8. The predicted molar refractivity (Wildman–Crippen MR) is 121 cm³/mol. The monoisotopic (exact) mass is 462 g/mol. The standard InChI is InChI=1S/C22H28ClFN6O2/c1-13-2-3-15(10-25-13)22(31)30-19-8-16(17(23)11-26-19)18-12-27-20(24)21(29-18)28-9-14-4-6-32-7-5-14/h8,11-15,25H,2-7,9-10H2,1H3,(H,28,29)(H,26,30,31). The molecule has 0 saturated carbocycles. The molecule has 2 atom stereocenters. The zero-order valence-corrected chi connectivity index (χ0v) is 18.8. The van der Waals surface area contributed by atoms with Crippen LogP contribution in [0.25, 0.3) is 11.3 Å². The molecule has 4 heterocycles. The van der Waals surface area contributed by atoms with Gasteiger partial charge in [-0.25, -0.2) is 15.0 Å². The fourth-order valence-corrected chi connectivity index (χ4v) is 4.16. The van der Waals surface area contributed by atoms with E-state index in [1.807, 2.05) is 0 Å². The van der Waals surface area contributed by atoms with Gasteiger partial charge in [-0.2, -0.15) is 4.39 Å². The summed E-state index contributed by atoms with van der Waals surface area (Å²) in [6, 6.07) is 2.06. The molecular formula is C22H28ClFN6O2. The van der Waals surface area contributed by atoms with Crippen LogP contribution in [-0.2, 0) is 9.53 Å². The Labute approximate surface area is 191 Å². The quantitative estimate of drug-likeness (QED) is 0.604. The molecule has 10 heteroatoms. The van der Waals surface area contributed by atoms with E-state index in [1.54, 1.807) is 6.07 Å². The van der Waals surface area contributed by atoms with Crippen molar-refractivity contribution in [3.05, 3.63) is 29.4 Å². The smallest absolute Gasteiger partial charge is 0.255 e. The zero-order chi connectivity index (χ0) is 22.5. The Morgan fingerprint density at radius 3 is 2.81 bits per heavy atom. The van der Waals surface area contributed by atoms with Crippen LogP contribution in [-0.4, -0.2) is 53.2 Å². The first-order chi connectivity index (χ1) is 15.5. The minimum absolute atomic E-state index is 0.0786. The van der Waals surface area contributed by atoms with Gasteiger partial charge in [-0.3, -0.25) is 4.79 Å². The van der Waals surface area contributed by atoms with Gasteiger partial charge in [0.1, 0.15) is 5.82 Å². The molecule has 0 radical (unpaired) electrons. The van der Waals surface area contributed by atoms with Crippen LogP contribution in [0, 0.1) is 17.8 Å². The van der Waals surface area contributed by atoms with Crippen LogP contribution in [0.2, 0.25) is 5.02 Å². The van der Waals surface area contributed by atoms with Gasteiger partial charge in [-0.05, 0) is 44.6 Å². The molecule has 8 nitrogen and oxygen atoms in total. The maximum absolute atomic E-state index is 14.3. The molecule has 2 aliphatic heterocycles. The number of carbonyl (C=O) groups excluding carboxylic acids is 1. The Bertz CT molecular complexity index is 948. The van der Waals surface area contributed by atoms with E-state index in [0.29, 0.717) is 47.1 Å². The molecule has 2 unspecified atom stereocenters. The Hall–Kier alpha value is -2.36. The Kier molecular flexibility index (Phi) is 7.49. The highest BCUT2D eigenvalue weighted by Gasteiger charge is 2.24. The molecule has 1 amide bonds. The number of ether oxygens (including phenoxy) is 1. The molecule has 0 aromatic carbocycles. The molecule has 2 saturated heterocycles. The van der Waals surface area contributed by atoms with Crippen molar-refractivity contribution >= 4 is 29.1 Å². The number of pyridine rings is 1. The third-order valence-corrected chi connectivity index (χ3v) is 6.34. The van der Waals surface area contributed by atoms with Crippen LogP contribution in [0.5, 0.6) is 0 Å². The Morgan fingerprint density at radius 1 is 1.25 bits per heavy atom. The lowest BCUT2D eigenvalue weighted by molar-refractivity contribution is -0.120. The van der Waals surface area contributed by atoms with Crippen molar-refractivity contribution in [3.8, 4) is 11.3 Å². The average molecular weight is 463 g/mol. The summed E-state index contributed by atoms with van der Waals surface area (Å²) in [5.41, 5.74) is 0.922. The van der Waals surface area contributed by atoms with E-state index in [9.17, 15) is 9.18 Å². The molecule has 2 fully saturated rings. The number of amides is 1. The summed E-state index contributed by atoms with van der Waals surface area (Å²) >= 11 is 6.34. The number of carbonyl (C=O) groups is 1. The highest BCUT2D eigenvalue weighted by atomic mass is 35.5. The van der Waals surface area contributed by atoms with Crippen molar-refractivity contribution < 1.29 is 13.9 Å². The number of rotatable bonds is 6. The van der Waals surface area contributed by atoms with Crippen molar-refractivity contribution in [2.45, 2.75) is 38.6 Å². The molecule has 3 N–H and O–H groups in total. The van der Waals surface area contributed by atoms with Gasteiger partial charge in [0.15, 0.2) is 5.82 Å². The van der Waals surface area contributed by atoms with Gasteiger partial charge < -0.3 is 20.7 Å². The highest BCUT2D eigenvalue weighted by Crippen LogP contribution is 2.29. The van der Waals surface area contributed by atoms with E-state index in [2.05, 4.69) is 37.8 Å². The van der Waals surface area contributed by atoms with E-state index < -0.39 is 5.95 Å². The number of piperidine rings is 1. The lowest BCUT2D eigenvalue weighted by Crippen LogP contribution is -2.41. The zero-order valence-electron chi connectivity index (χ0n) is 18.0. The minimum atomic E-state index is -0.668. The third kappa shape index (κ3) is 5.70. The average Bonchev–Trinajstić information content (AvgIpc) is 2.81. The van der Waals surface area contributed by atoms with Crippen LogP contribution in [0.1, 0.15) is 32.6 Å².